The highest BCUT2D eigenvalue weighted by Crippen LogP contribution is 2.40. The second-order valence-electron chi connectivity index (χ2n) is 11.6. The summed E-state index contributed by atoms with van der Waals surface area (Å²) in [4.78, 5) is 9.63. The van der Waals surface area contributed by atoms with Crippen LogP contribution in [0.25, 0.3) is 10.9 Å². The van der Waals surface area contributed by atoms with Crippen LogP contribution in [0.4, 0.5) is 0 Å². The molecule has 0 saturated carbocycles. The van der Waals surface area contributed by atoms with Gasteiger partial charge in [-0.25, -0.2) is 0 Å². The van der Waals surface area contributed by atoms with E-state index in [0.717, 1.165) is 112 Å². The number of rotatable bonds is 12. The van der Waals surface area contributed by atoms with Crippen molar-refractivity contribution in [1.82, 2.24) is 14.8 Å². The highest BCUT2D eigenvalue weighted by atomic mass is 16.5. The molecule has 0 aliphatic carbocycles. The maximum atomic E-state index is 11.7. The van der Waals surface area contributed by atoms with Crippen molar-refractivity contribution in [3.8, 4) is 5.75 Å². The Morgan fingerprint density at radius 2 is 1.80 bits per heavy atom. The number of piperidine rings is 1. The van der Waals surface area contributed by atoms with Gasteiger partial charge < -0.3 is 24.6 Å². The molecule has 0 bridgehead atoms. The van der Waals surface area contributed by atoms with Gasteiger partial charge in [-0.1, -0.05) is 30.3 Å². The molecule has 0 amide bonds. The van der Waals surface area contributed by atoms with E-state index in [1.165, 1.54) is 5.56 Å². The van der Waals surface area contributed by atoms with E-state index in [1.807, 2.05) is 24.4 Å². The SMILES string of the molecule is COc1ccc2ncc(CN3CCOCC3)c([C@@H](O)CCC3(CO)CCN(CCCc4ccccc4)CC3)c2c1. The molecule has 7 nitrogen and oxygen atoms in total. The van der Waals surface area contributed by atoms with Crippen molar-refractivity contribution < 1.29 is 19.7 Å². The number of morpholine rings is 1. The molecule has 2 aliphatic rings. The summed E-state index contributed by atoms with van der Waals surface area (Å²) in [6, 6.07) is 16.6. The third-order valence-electron chi connectivity index (χ3n) is 9.01. The Morgan fingerprint density at radius 3 is 2.52 bits per heavy atom. The molecule has 3 aromatic rings. The molecule has 0 unspecified atom stereocenters. The number of fused-ring (bicyclic) bond motifs is 1. The van der Waals surface area contributed by atoms with Gasteiger partial charge in [-0.3, -0.25) is 9.88 Å². The first-order chi connectivity index (χ1) is 19.6. The second-order valence-corrected chi connectivity index (χ2v) is 11.6. The summed E-state index contributed by atoms with van der Waals surface area (Å²) in [5, 5.41) is 23.2. The van der Waals surface area contributed by atoms with Crippen LogP contribution in [-0.4, -0.2) is 84.7 Å². The van der Waals surface area contributed by atoms with Gasteiger partial charge in [0.2, 0.25) is 0 Å². The molecule has 0 spiro atoms. The molecule has 0 radical (unpaired) electrons. The van der Waals surface area contributed by atoms with Crippen LogP contribution >= 0.6 is 0 Å². The Balaban J connectivity index is 1.24. The zero-order chi connectivity index (χ0) is 27.8. The van der Waals surface area contributed by atoms with Crippen molar-refractivity contribution in [3.63, 3.8) is 0 Å². The van der Waals surface area contributed by atoms with Crippen molar-refractivity contribution in [2.75, 3.05) is 59.7 Å². The largest absolute Gasteiger partial charge is 0.497 e. The minimum Gasteiger partial charge on any atom is -0.497 e. The number of aromatic nitrogens is 1. The van der Waals surface area contributed by atoms with Crippen molar-refractivity contribution in [3.05, 3.63) is 71.4 Å². The molecular weight excluding hydrogens is 502 g/mol. The summed E-state index contributed by atoms with van der Waals surface area (Å²) >= 11 is 0. The number of benzene rings is 2. The van der Waals surface area contributed by atoms with Crippen LogP contribution < -0.4 is 4.74 Å². The summed E-state index contributed by atoms with van der Waals surface area (Å²) in [6.07, 6.45) is 6.89. The maximum Gasteiger partial charge on any atom is 0.119 e. The van der Waals surface area contributed by atoms with Crippen molar-refractivity contribution in [1.29, 1.82) is 0 Å². The lowest BCUT2D eigenvalue weighted by Gasteiger charge is -2.41. The van der Waals surface area contributed by atoms with Gasteiger partial charge in [0.15, 0.2) is 0 Å². The number of ether oxygens (including phenoxy) is 2. The van der Waals surface area contributed by atoms with Gasteiger partial charge in [-0.2, -0.15) is 0 Å². The summed E-state index contributed by atoms with van der Waals surface area (Å²) in [5.74, 6) is 0.762. The fourth-order valence-corrected chi connectivity index (χ4v) is 6.36. The maximum absolute atomic E-state index is 11.7. The molecule has 7 heteroatoms. The predicted molar refractivity (Wildman–Crippen MR) is 159 cm³/mol. The van der Waals surface area contributed by atoms with Crippen LogP contribution in [0.15, 0.2) is 54.7 Å². The van der Waals surface area contributed by atoms with Crippen LogP contribution in [0.3, 0.4) is 0 Å². The van der Waals surface area contributed by atoms with Crippen LogP contribution in [-0.2, 0) is 17.7 Å². The fourth-order valence-electron chi connectivity index (χ4n) is 6.36. The Kier molecular flexibility index (Phi) is 10.0. The molecule has 5 rings (SSSR count). The molecule has 3 heterocycles. The zero-order valence-electron chi connectivity index (χ0n) is 23.9. The van der Waals surface area contributed by atoms with E-state index in [9.17, 15) is 10.2 Å². The number of likely N-dealkylation sites (tertiary alicyclic amines) is 1. The number of hydrogen-bond acceptors (Lipinski definition) is 7. The quantitative estimate of drug-likeness (QED) is 0.343. The smallest absolute Gasteiger partial charge is 0.119 e. The third kappa shape index (κ3) is 7.20. The van der Waals surface area contributed by atoms with E-state index in [4.69, 9.17) is 14.5 Å². The number of aliphatic hydroxyl groups excluding tert-OH is 2. The second kappa shape index (κ2) is 13.9. The van der Waals surface area contributed by atoms with E-state index in [-0.39, 0.29) is 12.0 Å². The molecule has 2 aliphatic heterocycles. The van der Waals surface area contributed by atoms with Gasteiger partial charge in [0.1, 0.15) is 5.75 Å². The Hall–Kier alpha value is -2.55. The number of methoxy groups -OCH3 is 1. The number of hydrogen-bond donors (Lipinski definition) is 2. The van der Waals surface area contributed by atoms with Gasteiger partial charge in [-0.15, -0.1) is 0 Å². The first-order valence-electron chi connectivity index (χ1n) is 14.9. The molecule has 2 aromatic carbocycles. The zero-order valence-corrected chi connectivity index (χ0v) is 23.9. The molecule has 2 N–H and O–H groups in total. The number of aryl methyl sites for hydroxylation is 1. The minimum atomic E-state index is -0.638. The third-order valence-corrected chi connectivity index (χ3v) is 9.01. The molecule has 1 atom stereocenters. The highest BCUT2D eigenvalue weighted by molar-refractivity contribution is 5.85. The highest BCUT2D eigenvalue weighted by Gasteiger charge is 2.34. The van der Waals surface area contributed by atoms with E-state index >= 15 is 0 Å². The molecule has 40 heavy (non-hydrogen) atoms. The average molecular weight is 548 g/mol. The Bertz CT molecular complexity index is 1210. The first-order valence-corrected chi connectivity index (χ1v) is 14.9. The molecule has 216 valence electrons. The summed E-state index contributed by atoms with van der Waals surface area (Å²) in [7, 11) is 1.67. The van der Waals surface area contributed by atoms with Gasteiger partial charge in [0, 0.05) is 37.8 Å². The first kappa shape index (κ1) is 29.0. The van der Waals surface area contributed by atoms with Gasteiger partial charge in [0.25, 0.3) is 0 Å². The number of nitrogens with zero attached hydrogens (tertiary/aromatic N) is 3. The number of aliphatic hydroxyl groups is 2. The minimum absolute atomic E-state index is 0.137. The summed E-state index contributed by atoms with van der Waals surface area (Å²) in [6.45, 7) is 7.22. The van der Waals surface area contributed by atoms with Gasteiger partial charge in [-0.05, 0) is 98.5 Å². The van der Waals surface area contributed by atoms with Crippen molar-refractivity contribution in [2.45, 2.75) is 51.2 Å². The fraction of sp³-hybridized carbons (Fsp3) is 0.545. The van der Waals surface area contributed by atoms with E-state index in [2.05, 4.69) is 40.1 Å². The van der Waals surface area contributed by atoms with E-state index in [0.29, 0.717) is 6.42 Å². The summed E-state index contributed by atoms with van der Waals surface area (Å²) in [5.41, 5.74) is 4.12. The average Bonchev–Trinajstić information content (AvgIpc) is 3.01. The van der Waals surface area contributed by atoms with Gasteiger partial charge >= 0.3 is 0 Å². The predicted octanol–water partition coefficient (Wildman–Crippen LogP) is 4.60. The monoisotopic (exact) mass is 547 g/mol. The van der Waals surface area contributed by atoms with Crippen molar-refractivity contribution >= 4 is 10.9 Å². The number of pyridine rings is 1. The normalized spacial score (nSPS) is 19.1. The van der Waals surface area contributed by atoms with E-state index < -0.39 is 6.10 Å². The van der Waals surface area contributed by atoms with Crippen LogP contribution in [0.5, 0.6) is 5.75 Å². The standard InChI is InChI=1S/C33H45N3O4/c1-39-28-9-10-30-29(22-28)32(27(23-34-30)24-36-18-20-40-21-19-36)31(38)11-12-33(25-37)13-16-35(17-14-33)15-5-8-26-6-3-2-4-7-26/h2-4,6-7,9-10,22-23,31,37-38H,5,8,11-21,24-25H2,1H3/t31-/m0/s1. The molecule has 1 aromatic heterocycles. The van der Waals surface area contributed by atoms with Crippen LogP contribution in [0, 0.1) is 5.41 Å². The molecular formula is C33H45N3O4. The van der Waals surface area contributed by atoms with Crippen molar-refractivity contribution in [2.24, 2.45) is 5.41 Å². The topological polar surface area (TPSA) is 78.3 Å². The van der Waals surface area contributed by atoms with Gasteiger partial charge in [0.05, 0.1) is 31.9 Å². The lowest BCUT2D eigenvalue weighted by Crippen LogP contribution is -2.42. The Morgan fingerprint density at radius 1 is 1.02 bits per heavy atom. The van der Waals surface area contributed by atoms with E-state index in [1.54, 1.807) is 7.11 Å². The Labute approximate surface area is 238 Å². The summed E-state index contributed by atoms with van der Waals surface area (Å²) < 4.78 is 11.1. The van der Waals surface area contributed by atoms with Crippen LogP contribution in [0.2, 0.25) is 0 Å². The lowest BCUT2D eigenvalue weighted by molar-refractivity contribution is 0.0227. The molecule has 2 saturated heterocycles. The molecule has 2 fully saturated rings. The van der Waals surface area contributed by atoms with Crippen LogP contribution in [0.1, 0.15) is 54.9 Å². The lowest BCUT2D eigenvalue weighted by atomic mass is 9.74.